The Balaban J connectivity index is 2.07. The topological polar surface area (TPSA) is 29.9 Å². The van der Waals surface area contributed by atoms with Gasteiger partial charge in [-0.05, 0) is 44.0 Å². The zero-order chi connectivity index (χ0) is 14.5. The minimum absolute atomic E-state index is 0.150. The van der Waals surface area contributed by atoms with Crippen molar-refractivity contribution in [3.8, 4) is 0 Å². The molecule has 1 N–H and O–H groups in total. The lowest BCUT2D eigenvalue weighted by atomic mass is 10.0. The Hall–Kier alpha value is -1.39. The summed E-state index contributed by atoms with van der Waals surface area (Å²) in [5, 5.41) is 7.66. The van der Waals surface area contributed by atoms with Crippen LogP contribution in [0.15, 0.2) is 30.6 Å². The van der Waals surface area contributed by atoms with Gasteiger partial charge in [-0.15, -0.1) is 0 Å². The van der Waals surface area contributed by atoms with Crippen molar-refractivity contribution < 1.29 is 4.39 Å². The predicted octanol–water partition coefficient (Wildman–Crippen LogP) is 3.07. The summed E-state index contributed by atoms with van der Waals surface area (Å²) in [6.45, 7) is 2.90. The van der Waals surface area contributed by atoms with Gasteiger partial charge >= 0.3 is 0 Å². The first-order valence-corrected chi connectivity index (χ1v) is 7.13. The summed E-state index contributed by atoms with van der Waals surface area (Å²) in [4.78, 5) is 0. The molecule has 5 heteroatoms. The molecule has 0 aliphatic carbocycles. The van der Waals surface area contributed by atoms with Crippen LogP contribution in [0.2, 0.25) is 5.02 Å². The molecule has 0 spiro atoms. The van der Waals surface area contributed by atoms with Gasteiger partial charge in [0.15, 0.2) is 0 Å². The molecule has 1 aromatic carbocycles. The maximum atomic E-state index is 13.9. The van der Waals surface area contributed by atoms with E-state index in [4.69, 9.17) is 11.6 Å². The Morgan fingerprint density at radius 1 is 1.40 bits per heavy atom. The summed E-state index contributed by atoms with van der Waals surface area (Å²) in [5.41, 5.74) is 1.79. The van der Waals surface area contributed by atoms with Crippen molar-refractivity contribution in [2.75, 3.05) is 7.05 Å². The van der Waals surface area contributed by atoms with E-state index in [-0.39, 0.29) is 16.9 Å². The molecule has 20 heavy (non-hydrogen) atoms. The normalized spacial score (nSPS) is 12.6. The minimum atomic E-state index is -0.321. The Morgan fingerprint density at radius 2 is 2.20 bits per heavy atom. The van der Waals surface area contributed by atoms with Gasteiger partial charge in [-0.1, -0.05) is 23.7 Å². The van der Waals surface area contributed by atoms with Crippen molar-refractivity contribution in [2.45, 2.75) is 32.4 Å². The fourth-order valence-electron chi connectivity index (χ4n) is 2.22. The lowest BCUT2D eigenvalue weighted by Crippen LogP contribution is -2.30. The third-order valence-electron chi connectivity index (χ3n) is 3.40. The van der Waals surface area contributed by atoms with Gasteiger partial charge in [0.05, 0.1) is 11.2 Å². The van der Waals surface area contributed by atoms with Gasteiger partial charge in [-0.3, -0.25) is 4.68 Å². The van der Waals surface area contributed by atoms with Gasteiger partial charge in [0.2, 0.25) is 0 Å². The number of halogens is 2. The molecule has 2 rings (SSSR count). The van der Waals surface area contributed by atoms with Crippen LogP contribution in [0.5, 0.6) is 0 Å². The second-order valence-corrected chi connectivity index (χ2v) is 5.22. The van der Waals surface area contributed by atoms with Crippen molar-refractivity contribution in [2.24, 2.45) is 0 Å². The quantitative estimate of drug-likeness (QED) is 0.887. The highest BCUT2D eigenvalue weighted by Crippen LogP contribution is 2.19. The van der Waals surface area contributed by atoms with E-state index in [1.807, 2.05) is 31.0 Å². The maximum absolute atomic E-state index is 13.9. The molecule has 1 aromatic heterocycles. The van der Waals surface area contributed by atoms with Crippen LogP contribution < -0.4 is 5.32 Å². The van der Waals surface area contributed by atoms with E-state index in [1.165, 1.54) is 0 Å². The first-order chi connectivity index (χ1) is 9.63. The van der Waals surface area contributed by atoms with Crippen molar-refractivity contribution >= 4 is 11.6 Å². The van der Waals surface area contributed by atoms with Gasteiger partial charge in [0, 0.05) is 18.8 Å². The number of hydrogen-bond donors (Lipinski definition) is 1. The molecule has 2 aromatic rings. The summed E-state index contributed by atoms with van der Waals surface area (Å²) in [5.74, 6) is -0.321. The van der Waals surface area contributed by atoms with E-state index >= 15 is 0 Å². The van der Waals surface area contributed by atoms with Crippen molar-refractivity contribution in [1.29, 1.82) is 0 Å². The molecule has 1 unspecified atom stereocenters. The van der Waals surface area contributed by atoms with Crippen LogP contribution in [0.4, 0.5) is 4.39 Å². The summed E-state index contributed by atoms with van der Waals surface area (Å²) in [6, 6.07) is 5.28. The van der Waals surface area contributed by atoms with Gasteiger partial charge in [-0.25, -0.2) is 4.39 Å². The molecular formula is C15H19ClFN3. The number of rotatable bonds is 6. The molecule has 0 amide bonds. The fraction of sp³-hybridized carbons (Fsp3) is 0.400. The van der Waals surface area contributed by atoms with Crippen LogP contribution >= 0.6 is 11.6 Å². The maximum Gasteiger partial charge on any atom is 0.145 e. The zero-order valence-corrected chi connectivity index (χ0v) is 12.5. The third kappa shape index (κ3) is 3.58. The van der Waals surface area contributed by atoms with Crippen LogP contribution in [0, 0.1) is 5.82 Å². The fourth-order valence-corrected chi connectivity index (χ4v) is 2.41. The second kappa shape index (κ2) is 6.86. The van der Waals surface area contributed by atoms with Crippen LogP contribution in [0.25, 0.3) is 0 Å². The van der Waals surface area contributed by atoms with Gasteiger partial charge in [-0.2, -0.15) is 5.10 Å². The van der Waals surface area contributed by atoms with E-state index in [9.17, 15) is 4.39 Å². The van der Waals surface area contributed by atoms with Gasteiger partial charge < -0.3 is 5.32 Å². The van der Waals surface area contributed by atoms with Crippen LogP contribution in [-0.2, 0) is 19.4 Å². The molecule has 0 bridgehead atoms. The lowest BCUT2D eigenvalue weighted by Gasteiger charge is -2.16. The molecule has 0 aliphatic heterocycles. The van der Waals surface area contributed by atoms with Crippen LogP contribution in [0.3, 0.4) is 0 Å². The summed E-state index contributed by atoms with van der Waals surface area (Å²) >= 11 is 5.81. The average Bonchev–Trinajstić information content (AvgIpc) is 2.90. The number of nitrogens with zero attached hydrogens (tertiary/aromatic N) is 2. The SMILES string of the molecule is CCn1cc(CC(Cc2cccc(Cl)c2F)NC)cn1. The third-order valence-corrected chi connectivity index (χ3v) is 3.69. The Labute approximate surface area is 123 Å². The van der Waals surface area contributed by atoms with Crippen LogP contribution in [-0.4, -0.2) is 22.9 Å². The number of benzene rings is 1. The summed E-state index contributed by atoms with van der Waals surface area (Å²) < 4.78 is 15.8. The predicted molar refractivity (Wildman–Crippen MR) is 79.6 cm³/mol. The highest BCUT2D eigenvalue weighted by Gasteiger charge is 2.14. The molecule has 0 radical (unpaired) electrons. The molecule has 3 nitrogen and oxygen atoms in total. The molecule has 108 valence electrons. The average molecular weight is 296 g/mol. The molecule has 1 heterocycles. The number of hydrogen-bond acceptors (Lipinski definition) is 2. The highest BCUT2D eigenvalue weighted by atomic mass is 35.5. The molecule has 0 fully saturated rings. The van der Waals surface area contributed by atoms with E-state index < -0.39 is 0 Å². The van der Waals surface area contributed by atoms with E-state index in [0.29, 0.717) is 12.0 Å². The standard InChI is InChI=1S/C15H19ClFN3/c1-3-20-10-11(9-19-20)7-13(18-2)8-12-5-4-6-14(16)15(12)17/h4-6,9-10,13,18H,3,7-8H2,1-2H3. The monoisotopic (exact) mass is 295 g/mol. The number of aromatic nitrogens is 2. The number of aryl methyl sites for hydroxylation is 1. The Bertz CT molecular complexity index is 568. The molecule has 1 atom stereocenters. The highest BCUT2D eigenvalue weighted by molar-refractivity contribution is 6.30. The summed E-state index contributed by atoms with van der Waals surface area (Å²) in [7, 11) is 1.89. The van der Waals surface area contributed by atoms with Gasteiger partial charge in [0.1, 0.15) is 5.82 Å². The number of nitrogens with one attached hydrogen (secondary N) is 1. The summed E-state index contributed by atoms with van der Waals surface area (Å²) in [6.07, 6.45) is 5.30. The first kappa shape index (κ1) is 15.0. The minimum Gasteiger partial charge on any atom is -0.316 e. The molecular weight excluding hydrogens is 277 g/mol. The van der Waals surface area contributed by atoms with E-state index in [0.717, 1.165) is 18.5 Å². The second-order valence-electron chi connectivity index (χ2n) is 4.81. The van der Waals surface area contributed by atoms with Crippen molar-refractivity contribution in [3.63, 3.8) is 0 Å². The van der Waals surface area contributed by atoms with Crippen molar-refractivity contribution in [3.05, 3.63) is 52.6 Å². The number of likely N-dealkylation sites (N-methyl/N-ethyl adjacent to an activating group) is 1. The van der Waals surface area contributed by atoms with Crippen LogP contribution in [0.1, 0.15) is 18.1 Å². The Morgan fingerprint density at radius 3 is 2.85 bits per heavy atom. The molecule has 0 saturated carbocycles. The first-order valence-electron chi connectivity index (χ1n) is 6.75. The zero-order valence-electron chi connectivity index (χ0n) is 11.7. The molecule has 0 aliphatic rings. The molecule has 0 saturated heterocycles. The van der Waals surface area contributed by atoms with E-state index in [1.54, 1.807) is 18.2 Å². The van der Waals surface area contributed by atoms with Crippen molar-refractivity contribution in [1.82, 2.24) is 15.1 Å². The largest absolute Gasteiger partial charge is 0.316 e. The van der Waals surface area contributed by atoms with Gasteiger partial charge in [0.25, 0.3) is 0 Å². The lowest BCUT2D eigenvalue weighted by molar-refractivity contribution is 0.532. The van der Waals surface area contributed by atoms with E-state index in [2.05, 4.69) is 10.4 Å². The Kier molecular flexibility index (Phi) is 5.15. The smallest absolute Gasteiger partial charge is 0.145 e.